The minimum atomic E-state index is -1.13. The van der Waals surface area contributed by atoms with Gasteiger partial charge in [0, 0.05) is 6.21 Å². The van der Waals surface area contributed by atoms with E-state index < -0.39 is 18.5 Å². The number of nitrogens with zero attached hydrogens (tertiary/aromatic N) is 2. The predicted molar refractivity (Wildman–Crippen MR) is 100 cm³/mol. The molecule has 0 saturated carbocycles. The lowest BCUT2D eigenvalue weighted by Gasteiger charge is -2.17. The summed E-state index contributed by atoms with van der Waals surface area (Å²) in [5.41, 5.74) is 1.31. The Morgan fingerprint density at radius 3 is 2.81 bits per heavy atom. The number of hydrazone groups is 1. The zero-order valence-corrected chi connectivity index (χ0v) is 14.4. The molecule has 0 amide bonds. The van der Waals surface area contributed by atoms with E-state index in [4.69, 9.17) is 29.3 Å². The molecule has 2 aromatic rings. The Bertz CT molecular complexity index is 887. The summed E-state index contributed by atoms with van der Waals surface area (Å²) in [7, 11) is 5.77. The van der Waals surface area contributed by atoms with E-state index in [1.807, 2.05) is 18.2 Å². The molecule has 1 N–H and O–H groups in total. The molecule has 3 rings (SSSR count). The standard InChI is InChI=1S/C18H14BClN2O4/c19-12-5-6-16(26-10-17(23)24)13(7-12)18(25)11-8-21-22(9-11)15-4-2-1-3-14(15)20/h1-8,11H,9-10H2,(H,23,24). The van der Waals surface area contributed by atoms with E-state index in [0.29, 0.717) is 22.7 Å². The van der Waals surface area contributed by atoms with Crippen LogP contribution in [0.25, 0.3) is 0 Å². The number of ether oxygens (including phenoxy) is 1. The summed E-state index contributed by atoms with van der Waals surface area (Å²) >= 11 is 6.17. The molecule has 0 bridgehead atoms. The molecule has 0 aliphatic carbocycles. The van der Waals surface area contributed by atoms with E-state index in [1.165, 1.54) is 18.3 Å². The molecule has 2 aromatic carbocycles. The number of Topliss-reactive ketones (excluding diaryl/α,β-unsaturated/α-hetero) is 1. The molecule has 2 radical (unpaired) electrons. The molecule has 1 aliphatic rings. The summed E-state index contributed by atoms with van der Waals surface area (Å²) in [6.45, 7) is -0.232. The van der Waals surface area contributed by atoms with Gasteiger partial charge in [0.2, 0.25) is 0 Å². The highest BCUT2D eigenvalue weighted by Gasteiger charge is 2.29. The number of para-hydroxylation sites is 1. The number of carboxylic acid groups (broad SMARTS) is 1. The highest BCUT2D eigenvalue weighted by molar-refractivity contribution is 6.33. The second-order valence-electron chi connectivity index (χ2n) is 5.71. The lowest BCUT2D eigenvalue weighted by Crippen LogP contribution is -2.25. The van der Waals surface area contributed by atoms with Crippen LogP contribution in [0.5, 0.6) is 5.75 Å². The number of hydrogen-bond acceptors (Lipinski definition) is 5. The highest BCUT2D eigenvalue weighted by Crippen LogP contribution is 2.29. The summed E-state index contributed by atoms with van der Waals surface area (Å²) in [6, 6.07) is 11.7. The van der Waals surface area contributed by atoms with Crippen molar-refractivity contribution in [3.8, 4) is 5.75 Å². The number of carbonyl (C=O) groups is 2. The van der Waals surface area contributed by atoms with Gasteiger partial charge in [-0.15, -0.1) is 0 Å². The van der Waals surface area contributed by atoms with Crippen molar-refractivity contribution in [3.05, 3.63) is 53.1 Å². The zero-order valence-electron chi connectivity index (χ0n) is 13.6. The van der Waals surface area contributed by atoms with Crippen molar-refractivity contribution >= 4 is 48.6 Å². The average Bonchev–Trinajstić information content (AvgIpc) is 3.10. The SMILES string of the molecule is [B]c1ccc(OCC(=O)O)c(C(=O)C2C=NN(c3ccccc3Cl)C2)c1. The average molecular weight is 369 g/mol. The Labute approximate surface area is 156 Å². The normalized spacial score (nSPS) is 15.9. The Kier molecular flexibility index (Phi) is 5.28. The third-order valence-corrected chi connectivity index (χ3v) is 4.16. The zero-order chi connectivity index (χ0) is 18.7. The Morgan fingerprint density at radius 1 is 1.31 bits per heavy atom. The summed E-state index contributed by atoms with van der Waals surface area (Å²) in [5, 5.41) is 15.2. The number of halogens is 1. The maximum Gasteiger partial charge on any atom is 0.341 e. The molecule has 6 nitrogen and oxygen atoms in total. The highest BCUT2D eigenvalue weighted by atomic mass is 35.5. The maximum absolute atomic E-state index is 12.9. The van der Waals surface area contributed by atoms with E-state index in [2.05, 4.69) is 5.10 Å². The Hall–Kier alpha value is -2.80. The van der Waals surface area contributed by atoms with Gasteiger partial charge in [-0.25, -0.2) is 4.79 Å². The lowest BCUT2D eigenvalue weighted by atomic mass is 9.90. The predicted octanol–water partition coefficient (Wildman–Crippen LogP) is 1.90. The molecule has 0 saturated heterocycles. The molecular formula is C18H14BClN2O4. The number of anilines is 1. The van der Waals surface area contributed by atoms with Gasteiger partial charge in [-0.2, -0.15) is 5.10 Å². The molecule has 0 aromatic heterocycles. The van der Waals surface area contributed by atoms with Crippen LogP contribution in [-0.2, 0) is 4.79 Å². The molecular weight excluding hydrogens is 354 g/mol. The first-order valence-electron chi connectivity index (χ1n) is 7.80. The van der Waals surface area contributed by atoms with Crippen LogP contribution in [0.1, 0.15) is 10.4 Å². The molecule has 26 heavy (non-hydrogen) atoms. The monoisotopic (exact) mass is 368 g/mol. The molecule has 1 heterocycles. The fourth-order valence-electron chi connectivity index (χ4n) is 2.62. The number of ketones is 1. The molecule has 130 valence electrons. The molecule has 1 unspecified atom stereocenters. The first-order valence-corrected chi connectivity index (χ1v) is 8.18. The minimum absolute atomic E-state index is 0.177. The van der Waals surface area contributed by atoms with Crippen LogP contribution in [0, 0.1) is 5.92 Å². The van der Waals surface area contributed by atoms with E-state index >= 15 is 0 Å². The van der Waals surface area contributed by atoms with Crippen LogP contribution >= 0.6 is 11.6 Å². The molecule has 1 aliphatic heterocycles. The van der Waals surface area contributed by atoms with Crippen LogP contribution in [0.4, 0.5) is 5.69 Å². The third kappa shape index (κ3) is 3.88. The van der Waals surface area contributed by atoms with Gasteiger partial charge in [0.15, 0.2) is 12.4 Å². The quantitative estimate of drug-likeness (QED) is 0.622. The summed E-state index contributed by atoms with van der Waals surface area (Å²) in [4.78, 5) is 23.6. The van der Waals surface area contributed by atoms with Crippen molar-refractivity contribution in [3.63, 3.8) is 0 Å². The smallest absolute Gasteiger partial charge is 0.341 e. The van der Waals surface area contributed by atoms with Gasteiger partial charge < -0.3 is 9.84 Å². The summed E-state index contributed by atoms with van der Waals surface area (Å²) in [5.74, 6) is -1.74. The second kappa shape index (κ2) is 7.62. The van der Waals surface area contributed by atoms with E-state index in [0.717, 1.165) is 0 Å². The maximum atomic E-state index is 12.9. The van der Waals surface area contributed by atoms with E-state index in [1.54, 1.807) is 17.1 Å². The van der Waals surface area contributed by atoms with Gasteiger partial charge in [-0.05, 0) is 18.2 Å². The number of rotatable bonds is 6. The number of carbonyl (C=O) groups excluding carboxylic acids is 1. The minimum Gasteiger partial charge on any atom is -0.481 e. The largest absolute Gasteiger partial charge is 0.481 e. The van der Waals surface area contributed by atoms with Crippen molar-refractivity contribution in [2.45, 2.75) is 0 Å². The number of hydrogen-bond donors (Lipinski definition) is 1. The molecule has 1 atom stereocenters. The topological polar surface area (TPSA) is 79.2 Å². The van der Waals surface area contributed by atoms with Crippen LogP contribution in [0.2, 0.25) is 5.02 Å². The fraction of sp³-hybridized carbons (Fsp3) is 0.167. The van der Waals surface area contributed by atoms with E-state index in [9.17, 15) is 9.59 Å². The van der Waals surface area contributed by atoms with Gasteiger partial charge in [0.05, 0.1) is 28.7 Å². The number of aliphatic carboxylic acids is 1. The van der Waals surface area contributed by atoms with Crippen molar-refractivity contribution < 1.29 is 19.4 Å². The summed E-state index contributed by atoms with van der Waals surface area (Å²) in [6.07, 6.45) is 1.54. The van der Waals surface area contributed by atoms with Crippen molar-refractivity contribution in [2.75, 3.05) is 18.2 Å². The van der Waals surface area contributed by atoms with Crippen molar-refractivity contribution in [1.29, 1.82) is 0 Å². The van der Waals surface area contributed by atoms with Gasteiger partial charge >= 0.3 is 5.97 Å². The number of carboxylic acids is 1. The van der Waals surface area contributed by atoms with Gasteiger partial charge in [-0.3, -0.25) is 9.80 Å². The van der Waals surface area contributed by atoms with Crippen LogP contribution in [0.3, 0.4) is 0 Å². The van der Waals surface area contributed by atoms with Gasteiger partial charge in [0.1, 0.15) is 13.6 Å². The van der Waals surface area contributed by atoms with Gasteiger partial charge in [0.25, 0.3) is 0 Å². The number of benzene rings is 2. The van der Waals surface area contributed by atoms with E-state index in [-0.39, 0.29) is 17.1 Å². The first kappa shape index (κ1) is 18.0. The summed E-state index contributed by atoms with van der Waals surface area (Å²) < 4.78 is 5.21. The van der Waals surface area contributed by atoms with Crippen molar-refractivity contribution in [1.82, 2.24) is 0 Å². The van der Waals surface area contributed by atoms with Gasteiger partial charge in [-0.1, -0.05) is 41.3 Å². The van der Waals surface area contributed by atoms with Crippen LogP contribution in [-0.4, -0.2) is 44.1 Å². The van der Waals surface area contributed by atoms with Crippen LogP contribution in [0.15, 0.2) is 47.6 Å². The Morgan fingerprint density at radius 2 is 2.08 bits per heavy atom. The fourth-order valence-corrected chi connectivity index (χ4v) is 2.85. The van der Waals surface area contributed by atoms with Crippen LogP contribution < -0.4 is 15.2 Å². The molecule has 0 fully saturated rings. The molecule has 8 heteroatoms. The molecule has 0 spiro atoms. The third-order valence-electron chi connectivity index (χ3n) is 3.84. The first-order chi connectivity index (χ1) is 12.5. The Balaban J connectivity index is 1.80. The second-order valence-corrected chi connectivity index (χ2v) is 6.11. The lowest BCUT2D eigenvalue weighted by molar-refractivity contribution is -0.139. The van der Waals surface area contributed by atoms with Crippen molar-refractivity contribution in [2.24, 2.45) is 11.0 Å².